The van der Waals surface area contributed by atoms with Crippen molar-refractivity contribution in [1.82, 2.24) is 24.3 Å². The van der Waals surface area contributed by atoms with E-state index in [1.54, 1.807) is 43.2 Å². The molecule has 0 fully saturated rings. The predicted molar refractivity (Wildman–Crippen MR) is 150 cm³/mol. The normalized spacial score (nSPS) is 13.7. The minimum Gasteiger partial charge on any atom is -0.497 e. The molecule has 0 saturated carbocycles. The number of nitrogens with two attached hydrogens (primary N) is 1. The second-order valence-corrected chi connectivity index (χ2v) is 9.90. The highest BCUT2D eigenvalue weighted by Crippen LogP contribution is 2.37. The Kier molecular flexibility index (Phi) is 7.00. The quantitative estimate of drug-likeness (QED) is 0.297. The number of methoxy groups -OCH3 is 1. The van der Waals surface area contributed by atoms with Gasteiger partial charge in [0.25, 0.3) is 5.91 Å². The number of hydrogen-bond donors (Lipinski definition) is 1. The fourth-order valence-corrected chi connectivity index (χ4v) is 4.89. The van der Waals surface area contributed by atoms with Gasteiger partial charge in [-0.2, -0.15) is 5.10 Å². The Balaban J connectivity index is 1.32. The molecule has 2 aromatic heterocycles. The molecular weight excluding hydrogens is 527 g/mol. The van der Waals surface area contributed by atoms with E-state index in [-0.39, 0.29) is 0 Å². The Labute approximate surface area is 235 Å². The van der Waals surface area contributed by atoms with Gasteiger partial charge in [0.15, 0.2) is 11.9 Å². The van der Waals surface area contributed by atoms with Gasteiger partial charge in [-0.05, 0) is 49.6 Å². The average Bonchev–Trinajstić information content (AvgIpc) is 3.56. The molecule has 0 aliphatic carbocycles. The van der Waals surface area contributed by atoms with Crippen LogP contribution in [0.5, 0.6) is 17.2 Å². The van der Waals surface area contributed by atoms with E-state index in [1.165, 1.54) is 6.07 Å². The van der Waals surface area contributed by atoms with Crippen LogP contribution < -0.4 is 19.9 Å². The van der Waals surface area contributed by atoms with Crippen LogP contribution in [0.3, 0.4) is 0 Å². The summed E-state index contributed by atoms with van der Waals surface area (Å²) in [6.07, 6.45) is 2.50. The van der Waals surface area contributed by atoms with Gasteiger partial charge in [-0.3, -0.25) is 4.79 Å². The molecule has 3 heterocycles. The number of nitrogens with zero attached hydrogens (tertiary/aromatic N) is 5. The number of amides is 1. The minimum absolute atomic E-state index is 0.297. The van der Waals surface area contributed by atoms with Crippen LogP contribution in [0.15, 0.2) is 60.9 Å². The van der Waals surface area contributed by atoms with Crippen LogP contribution in [-0.4, -0.2) is 50.0 Å². The average molecular weight is 557 g/mol. The van der Waals surface area contributed by atoms with E-state index in [9.17, 15) is 4.79 Å². The van der Waals surface area contributed by atoms with Gasteiger partial charge in [0.2, 0.25) is 0 Å². The number of aryl methyl sites for hydroxylation is 1. The smallest absolute Gasteiger partial charge is 0.258 e. The number of primary amides is 1. The van der Waals surface area contributed by atoms with E-state index in [0.29, 0.717) is 59.5 Å². The summed E-state index contributed by atoms with van der Waals surface area (Å²) in [5.74, 6) is 1.67. The van der Waals surface area contributed by atoms with Crippen LogP contribution >= 0.6 is 0 Å². The molecule has 3 aromatic carbocycles. The molecule has 1 atom stereocenters. The Morgan fingerprint density at radius 2 is 1.95 bits per heavy atom. The first kappa shape index (κ1) is 26.3. The van der Waals surface area contributed by atoms with Gasteiger partial charge >= 0.3 is 0 Å². The molecule has 210 valence electrons. The van der Waals surface area contributed by atoms with Crippen molar-refractivity contribution in [3.63, 3.8) is 0 Å². The van der Waals surface area contributed by atoms with Gasteiger partial charge in [-0.1, -0.05) is 18.2 Å². The molecule has 0 radical (unpaired) electrons. The van der Waals surface area contributed by atoms with E-state index in [4.69, 9.17) is 24.9 Å². The molecule has 1 amide bonds. The molecule has 6 rings (SSSR count). The predicted octanol–water partition coefficient (Wildman–Crippen LogP) is 4.58. The van der Waals surface area contributed by atoms with E-state index < -0.39 is 17.8 Å². The van der Waals surface area contributed by atoms with E-state index in [1.807, 2.05) is 34.9 Å². The van der Waals surface area contributed by atoms with Crippen molar-refractivity contribution in [2.75, 3.05) is 13.7 Å². The molecule has 5 aromatic rings. The monoisotopic (exact) mass is 556 g/mol. The Morgan fingerprint density at radius 3 is 2.71 bits per heavy atom. The molecular formula is C30H29FN6O4. The van der Waals surface area contributed by atoms with Crippen molar-refractivity contribution in [3.8, 4) is 40.0 Å². The number of aromatic nitrogens is 5. The Hall–Kier alpha value is -4.93. The summed E-state index contributed by atoms with van der Waals surface area (Å²) in [4.78, 5) is 20.7. The summed E-state index contributed by atoms with van der Waals surface area (Å²) in [7, 11) is 1.62. The number of rotatable bonds is 8. The van der Waals surface area contributed by atoms with E-state index >= 15 is 4.39 Å². The number of hydrogen-bond acceptors (Lipinski definition) is 7. The zero-order valence-corrected chi connectivity index (χ0v) is 22.7. The van der Waals surface area contributed by atoms with Gasteiger partial charge in [-0.15, -0.1) is 0 Å². The second kappa shape index (κ2) is 10.9. The van der Waals surface area contributed by atoms with Gasteiger partial charge in [-0.25, -0.2) is 19.0 Å². The van der Waals surface area contributed by atoms with Gasteiger partial charge in [0.1, 0.15) is 40.7 Å². The van der Waals surface area contributed by atoms with Crippen molar-refractivity contribution >= 4 is 16.9 Å². The molecule has 0 unspecified atom stereocenters. The van der Waals surface area contributed by atoms with Gasteiger partial charge in [0.05, 0.1) is 31.3 Å². The summed E-state index contributed by atoms with van der Waals surface area (Å²) >= 11 is 0. The molecule has 2 N–H and O–H groups in total. The maximum absolute atomic E-state index is 15.5. The number of benzene rings is 3. The molecule has 11 heteroatoms. The SMILES string of the molecule is COc1ccc(Cn2cnc(-c3ccc(-c4nc5cc(O[C@@H](C)C(N)=O)cc6c5n4CCCCO6)cc3F)n2)cc1. The minimum atomic E-state index is -0.815. The lowest BCUT2D eigenvalue weighted by molar-refractivity contribution is -0.123. The summed E-state index contributed by atoms with van der Waals surface area (Å²) in [5.41, 5.74) is 8.72. The standard InChI is InChI=1S/C30H29FN6O4/c1-18(28(32)38)41-22-14-25-27-26(15-22)40-12-4-3-11-37(27)30(34-25)20-7-10-23(24(31)13-20)29-33-17-36(35-29)16-19-5-8-21(39-2)9-6-19/h5-10,13-15,17-18H,3-4,11-12,16H2,1-2H3,(H2,32,38)/t18-/m0/s1. The molecule has 1 aliphatic heterocycles. The number of carbonyl (C=O) groups is 1. The first-order valence-corrected chi connectivity index (χ1v) is 13.4. The van der Waals surface area contributed by atoms with Crippen LogP contribution in [0.4, 0.5) is 4.39 Å². The third-order valence-corrected chi connectivity index (χ3v) is 7.04. The molecule has 10 nitrogen and oxygen atoms in total. The largest absolute Gasteiger partial charge is 0.497 e. The number of halogens is 1. The van der Waals surface area contributed by atoms with Crippen LogP contribution in [0.2, 0.25) is 0 Å². The van der Waals surface area contributed by atoms with Crippen LogP contribution in [0, 0.1) is 5.82 Å². The molecule has 41 heavy (non-hydrogen) atoms. The number of carbonyl (C=O) groups excluding carboxylic acids is 1. The zero-order valence-electron chi connectivity index (χ0n) is 22.7. The zero-order chi connectivity index (χ0) is 28.5. The fraction of sp³-hybridized carbons (Fsp3) is 0.267. The van der Waals surface area contributed by atoms with E-state index in [2.05, 4.69) is 10.1 Å². The van der Waals surface area contributed by atoms with Gasteiger partial charge < -0.3 is 24.5 Å². The summed E-state index contributed by atoms with van der Waals surface area (Å²) in [6.45, 7) is 3.32. The first-order valence-electron chi connectivity index (χ1n) is 13.4. The summed E-state index contributed by atoms with van der Waals surface area (Å²) in [5, 5.41) is 4.49. The lowest BCUT2D eigenvalue weighted by Crippen LogP contribution is -2.30. The molecule has 0 spiro atoms. The van der Waals surface area contributed by atoms with Crippen LogP contribution in [0.1, 0.15) is 25.3 Å². The molecule has 0 saturated heterocycles. The summed E-state index contributed by atoms with van der Waals surface area (Å²) < 4.78 is 36.2. The second-order valence-electron chi connectivity index (χ2n) is 9.90. The third kappa shape index (κ3) is 5.30. The van der Waals surface area contributed by atoms with E-state index in [0.717, 1.165) is 29.7 Å². The highest BCUT2D eigenvalue weighted by molar-refractivity contribution is 5.88. The summed E-state index contributed by atoms with van der Waals surface area (Å²) in [6, 6.07) is 16.1. The maximum Gasteiger partial charge on any atom is 0.258 e. The first-order chi connectivity index (χ1) is 19.9. The van der Waals surface area contributed by atoms with Crippen molar-refractivity contribution in [1.29, 1.82) is 0 Å². The third-order valence-electron chi connectivity index (χ3n) is 7.04. The lowest BCUT2D eigenvalue weighted by atomic mass is 10.1. The van der Waals surface area contributed by atoms with Crippen LogP contribution in [0.25, 0.3) is 33.8 Å². The topological polar surface area (TPSA) is 119 Å². The number of imidazole rings is 1. The Morgan fingerprint density at radius 1 is 1.12 bits per heavy atom. The maximum atomic E-state index is 15.5. The van der Waals surface area contributed by atoms with Crippen molar-refractivity contribution in [3.05, 3.63) is 72.3 Å². The van der Waals surface area contributed by atoms with Crippen molar-refractivity contribution in [2.45, 2.75) is 39.0 Å². The highest BCUT2D eigenvalue weighted by atomic mass is 19.1. The lowest BCUT2D eigenvalue weighted by Gasteiger charge is -2.18. The fourth-order valence-electron chi connectivity index (χ4n) is 4.89. The highest BCUT2D eigenvalue weighted by Gasteiger charge is 2.22. The molecule has 1 aliphatic rings. The van der Waals surface area contributed by atoms with Gasteiger partial charge in [0, 0.05) is 24.2 Å². The number of ether oxygens (including phenoxy) is 3. The van der Waals surface area contributed by atoms with Crippen LogP contribution in [-0.2, 0) is 17.9 Å². The molecule has 0 bridgehead atoms. The van der Waals surface area contributed by atoms with Crippen molar-refractivity contribution in [2.24, 2.45) is 5.73 Å². The van der Waals surface area contributed by atoms with Crippen molar-refractivity contribution < 1.29 is 23.4 Å². The Bertz CT molecular complexity index is 1730.